The number of hydrogen-bond donors (Lipinski definition) is 2. The van der Waals surface area contributed by atoms with Gasteiger partial charge in [0.05, 0.1) is 6.10 Å². The molecule has 2 unspecified atom stereocenters. The molecule has 1 fully saturated rings. The highest BCUT2D eigenvalue weighted by molar-refractivity contribution is 4.93. The molecular formula is C10H22N2O. The van der Waals surface area contributed by atoms with Crippen molar-refractivity contribution in [3.8, 4) is 0 Å². The van der Waals surface area contributed by atoms with Crippen LogP contribution in [0.1, 0.15) is 27.2 Å². The van der Waals surface area contributed by atoms with E-state index in [0.717, 1.165) is 19.5 Å². The van der Waals surface area contributed by atoms with Crippen LogP contribution in [0.5, 0.6) is 0 Å². The van der Waals surface area contributed by atoms with Gasteiger partial charge < -0.3 is 10.8 Å². The highest BCUT2D eigenvalue weighted by Gasteiger charge is 2.39. The molecule has 3 heteroatoms. The predicted molar refractivity (Wildman–Crippen MR) is 54.5 cm³/mol. The zero-order valence-electron chi connectivity index (χ0n) is 8.95. The Bertz CT molecular complexity index is 166. The van der Waals surface area contributed by atoms with Crippen LogP contribution >= 0.6 is 0 Å². The Hall–Kier alpha value is -0.120. The fraction of sp³-hybridized carbons (Fsp3) is 1.00. The summed E-state index contributed by atoms with van der Waals surface area (Å²) in [6.07, 6.45) is 0.868. The Morgan fingerprint density at radius 1 is 1.62 bits per heavy atom. The molecule has 0 bridgehead atoms. The monoisotopic (exact) mass is 186 g/mol. The van der Waals surface area contributed by atoms with Crippen molar-refractivity contribution in [2.75, 3.05) is 19.6 Å². The van der Waals surface area contributed by atoms with Gasteiger partial charge in [-0.05, 0) is 6.42 Å². The normalized spacial score (nSPS) is 30.7. The summed E-state index contributed by atoms with van der Waals surface area (Å²) in [4.78, 5) is 2.31. The predicted octanol–water partition coefficient (Wildman–Crippen LogP) is 0.426. The molecule has 3 nitrogen and oxygen atoms in total. The Balaban J connectivity index is 2.57. The third-order valence-corrected chi connectivity index (χ3v) is 3.18. The first-order valence-electron chi connectivity index (χ1n) is 5.13. The maximum Gasteiger partial charge on any atom is 0.0730 e. The third kappa shape index (κ3) is 2.22. The molecule has 0 spiro atoms. The van der Waals surface area contributed by atoms with Crippen molar-refractivity contribution in [3.63, 3.8) is 0 Å². The van der Waals surface area contributed by atoms with Crippen LogP contribution < -0.4 is 5.73 Å². The number of nitrogens with zero attached hydrogens (tertiary/aromatic N) is 1. The van der Waals surface area contributed by atoms with Gasteiger partial charge in [0, 0.05) is 31.1 Å². The summed E-state index contributed by atoms with van der Waals surface area (Å²) in [6, 6.07) is 0.441. The summed E-state index contributed by atoms with van der Waals surface area (Å²) in [7, 11) is 0. The molecule has 1 aliphatic rings. The van der Waals surface area contributed by atoms with Gasteiger partial charge in [-0.15, -0.1) is 0 Å². The molecule has 1 rings (SSSR count). The number of aliphatic hydroxyl groups is 1. The lowest BCUT2D eigenvalue weighted by Crippen LogP contribution is -2.39. The number of likely N-dealkylation sites (tertiary alicyclic amines) is 1. The van der Waals surface area contributed by atoms with Crippen molar-refractivity contribution in [3.05, 3.63) is 0 Å². The van der Waals surface area contributed by atoms with Crippen molar-refractivity contribution in [2.45, 2.75) is 39.3 Å². The topological polar surface area (TPSA) is 49.5 Å². The Labute approximate surface area is 80.9 Å². The summed E-state index contributed by atoms with van der Waals surface area (Å²) in [5, 5.41) is 9.78. The lowest BCUT2D eigenvalue weighted by atomic mass is 9.90. The minimum absolute atomic E-state index is 0.0303. The third-order valence-electron chi connectivity index (χ3n) is 3.18. The van der Waals surface area contributed by atoms with Gasteiger partial charge in [0.25, 0.3) is 0 Å². The highest BCUT2D eigenvalue weighted by atomic mass is 16.3. The first-order chi connectivity index (χ1) is 6.01. The first kappa shape index (κ1) is 11.0. The van der Waals surface area contributed by atoms with E-state index in [-0.39, 0.29) is 11.5 Å². The molecule has 1 aliphatic heterocycles. The summed E-state index contributed by atoms with van der Waals surface area (Å²) in [5.74, 6) is 0. The molecule has 1 heterocycles. The molecule has 0 aromatic carbocycles. The quantitative estimate of drug-likeness (QED) is 0.672. The lowest BCUT2D eigenvalue weighted by molar-refractivity contribution is 0.0950. The van der Waals surface area contributed by atoms with Gasteiger partial charge >= 0.3 is 0 Å². The molecule has 0 radical (unpaired) electrons. The van der Waals surface area contributed by atoms with Gasteiger partial charge in [0.15, 0.2) is 0 Å². The summed E-state index contributed by atoms with van der Waals surface area (Å²) in [6.45, 7) is 8.81. The van der Waals surface area contributed by atoms with Crippen LogP contribution in [0.3, 0.4) is 0 Å². The summed E-state index contributed by atoms with van der Waals surface area (Å²) < 4.78 is 0. The second kappa shape index (κ2) is 3.95. The maximum atomic E-state index is 9.78. The molecule has 0 amide bonds. The van der Waals surface area contributed by atoms with E-state index in [2.05, 4.69) is 25.7 Å². The average Bonchev–Trinajstić information content (AvgIpc) is 2.29. The van der Waals surface area contributed by atoms with Gasteiger partial charge in [-0.3, -0.25) is 4.90 Å². The minimum atomic E-state index is -0.201. The minimum Gasteiger partial charge on any atom is -0.391 e. The zero-order chi connectivity index (χ0) is 10.1. The van der Waals surface area contributed by atoms with E-state index < -0.39 is 0 Å². The molecule has 2 atom stereocenters. The van der Waals surface area contributed by atoms with E-state index in [1.54, 1.807) is 0 Å². The molecule has 3 N–H and O–H groups in total. The van der Waals surface area contributed by atoms with Crippen LogP contribution in [0.25, 0.3) is 0 Å². The molecule has 1 saturated heterocycles. The molecule has 13 heavy (non-hydrogen) atoms. The summed E-state index contributed by atoms with van der Waals surface area (Å²) >= 11 is 0. The van der Waals surface area contributed by atoms with Gasteiger partial charge in [-0.1, -0.05) is 20.8 Å². The Kier molecular flexibility index (Phi) is 3.33. The van der Waals surface area contributed by atoms with Crippen molar-refractivity contribution in [2.24, 2.45) is 11.1 Å². The second-order valence-corrected chi connectivity index (χ2v) is 4.73. The summed E-state index contributed by atoms with van der Waals surface area (Å²) in [5.41, 5.74) is 5.70. The SMILES string of the molecule is CCC(CN)N1CC(O)C(C)(C)C1. The molecular weight excluding hydrogens is 164 g/mol. The van der Waals surface area contributed by atoms with Crippen LogP contribution in [0.15, 0.2) is 0 Å². The Morgan fingerprint density at radius 2 is 2.23 bits per heavy atom. The average molecular weight is 186 g/mol. The van der Waals surface area contributed by atoms with Gasteiger partial charge in [0.2, 0.25) is 0 Å². The van der Waals surface area contributed by atoms with E-state index in [4.69, 9.17) is 5.73 Å². The van der Waals surface area contributed by atoms with Crippen molar-refractivity contribution in [1.82, 2.24) is 4.90 Å². The van der Waals surface area contributed by atoms with Crippen LogP contribution in [0, 0.1) is 5.41 Å². The van der Waals surface area contributed by atoms with E-state index >= 15 is 0 Å². The standard InChI is InChI=1S/C10H22N2O/c1-4-8(5-11)12-6-9(13)10(2,3)7-12/h8-9,13H,4-7,11H2,1-3H3. The van der Waals surface area contributed by atoms with E-state index in [1.165, 1.54) is 0 Å². The van der Waals surface area contributed by atoms with Gasteiger partial charge in [-0.2, -0.15) is 0 Å². The first-order valence-corrected chi connectivity index (χ1v) is 5.13. The fourth-order valence-corrected chi connectivity index (χ4v) is 2.01. The highest BCUT2D eigenvalue weighted by Crippen LogP contribution is 2.30. The number of β-amino-alcohol motifs (C(OH)–C–C–N with tert-alkyl or cyclic N) is 1. The molecule has 0 aromatic rings. The number of rotatable bonds is 3. The van der Waals surface area contributed by atoms with Crippen molar-refractivity contribution < 1.29 is 5.11 Å². The van der Waals surface area contributed by atoms with E-state index in [9.17, 15) is 5.11 Å². The zero-order valence-corrected chi connectivity index (χ0v) is 8.95. The second-order valence-electron chi connectivity index (χ2n) is 4.73. The van der Waals surface area contributed by atoms with Crippen molar-refractivity contribution in [1.29, 1.82) is 0 Å². The van der Waals surface area contributed by atoms with Crippen molar-refractivity contribution >= 4 is 0 Å². The maximum absolute atomic E-state index is 9.78. The lowest BCUT2D eigenvalue weighted by Gasteiger charge is -2.26. The molecule has 78 valence electrons. The van der Waals surface area contributed by atoms with E-state index in [1.807, 2.05) is 0 Å². The largest absolute Gasteiger partial charge is 0.391 e. The number of aliphatic hydroxyl groups excluding tert-OH is 1. The van der Waals surface area contributed by atoms with Crippen LogP contribution in [-0.4, -0.2) is 41.8 Å². The van der Waals surface area contributed by atoms with Crippen LogP contribution in [0.2, 0.25) is 0 Å². The molecule has 0 saturated carbocycles. The number of hydrogen-bond acceptors (Lipinski definition) is 3. The molecule has 0 aliphatic carbocycles. The Morgan fingerprint density at radius 3 is 2.54 bits per heavy atom. The van der Waals surface area contributed by atoms with Crippen LogP contribution in [0.4, 0.5) is 0 Å². The number of nitrogens with two attached hydrogens (primary N) is 1. The van der Waals surface area contributed by atoms with Gasteiger partial charge in [0.1, 0.15) is 0 Å². The molecule has 0 aromatic heterocycles. The fourth-order valence-electron chi connectivity index (χ4n) is 2.01. The smallest absolute Gasteiger partial charge is 0.0730 e. The van der Waals surface area contributed by atoms with Crippen LogP contribution in [-0.2, 0) is 0 Å². The van der Waals surface area contributed by atoms with Gasteiger partial charge in [-0.25, -0.2) is 0 Å². The van der Waals surface area contributed by atoms with E-state index in [0.29, 0.717) is 12.6 Å².